The molecule has 116 valence electrons. The molecular formula is C14H31NO3S. The van der Waals surface area contributed by atoms with Gasteiger partial charge in [0, 0.05) is 13.2 Å². The van der Waals surface area contributed by atoms with E-state index in [1.807, 2.05) is 0 Å². The first kappa shape index (κ1) is 18.9. The van der Waals surface area contributed by atoms with Gasteiger partial charge in [0.1, 0.15) is 0 Å². The first-order valence-electron chi connectivity index (χ1n) is 7.11. The average Bonchev–Trinajstić information content (AvgIpc) is 2.22. The Labute approximate surface area is 119 Å². The lowest BCUT2D eigenvalue weighted by atomic mass is 9.99. The highest BCUT2D eigenvalue weighted by Crippen LogP contribution is 2.12. The van der Waals surface area contributed by atoms with Gasteiger partial charge in [0.2, 0.25) is 0 Å². The van der Waals surface area contributed by atoms with Crippen molar-refractivity contribution in [1.82, 2.24) is 5.32 Å². The van der Waals surface area contributed by atoms with Crippen LogP contribution in [0.25, 0.3) is 0 Å². The van der Waals surface area contributed by atoms with Crippen LogP contribution in [0.3, 0.4) is 0 Å². The zero-order chi connectivity index (χ0) is 14.9. The molecule has 0 aromatic heterocycles. The van der Waals surface area contributed by atoms with E-state index >= 15 is 0 Å². The van der Waals surface area contributed by atoms with Gasteiger partial charge in [0.05, 0.1) is 18.1 Å². The molecule has 5 heteroatoms. The van der Waals surface area contributed by atoms with Gasteiger partial charge in [-0.05, 0) is 24.3 Å². The molecule has 0 aliphatic carbocycles. The molecule has 0 spiro atoms. The molecule has 0 fully saturated rings. The molecule has 4 nitrogen and oxygen atoms in total. The van der Waals surface area contributed by atoms with E-state index in [2.05, 4.69) is 39.9 Å². The summed E-state index contributed by atoms with van der Waals surface area (Å²) in [4.78, 5) is 0. The molecule has 0 bridgehead atoms. The largest absolute Gasteiger partial charge is 0.381 e. The lowest BCUT2D eigenvalue weighted by Crippen LogP contribution is -2.27. The van der Waals surface area contributed by atoms with Crippen molar-refractivity contribution in [1.29, 1.82) is 0 Å². The highest BCUT2D eigenvalue weighted by molar-refractivity contribution is 7.91. The molecule has 0 radical (unpaired) electrons. The van der Waals surface area contributed by atoms with Gasteiger partial charge in [-0.15, -0.1) is 0 Å². The third-order valence-corrected chi connectivity index (χ3v) is 4.16. The number of sulfone groups is 1. The normalized spacial score (nSPS) is 13.2. The predicted molar refractivity (Wildman–Crippen MR) is 81.3 cm³/mol. The first-order valence-corrected chi connectivity index (χ1v) is 8.93. The van der Waals surface area contributed by atoms with E-state index < -0.39 is 9.84 Å². The molecule has 0 saturated carbocycles. The van der Waals surface area contributed by atoms with E-state index in [0.29, 0.717) is 32.1 Å². The van der Waals surface area contributed by atoms with Crippen molar-refractivity contribution < 1.29 is 13.2 Å². The standard InChI is InChI=1S/C14H31NO3S/c1-13(2)11-15-7-10-19(16,17)9-6-8-18-12-14(3,4)5/h13,15H,6-12H2,1-5H3. The van der Waals surface area contributed by atoms with Crippen LogP contribution in [0, 0.1) is 11.3 Å². The van der Waals surface area contributed by atoms with Gasteiger partial charge in [0.25, 0.3) is 0 Å². The summed E-state index contributed by atoms with van der Waals surface area (Å²) in [5.74, 6) is 0.993. The maximum Gasteiger partial charge on any atom is 0.151 e. The summed E-state index contributed by atoms with van der Waals surface area (Å²) in [6.07, 6.45) is 0.586. The second-order valence-corrected chi connectivity index (χ2v) is 9.02. The summed E-state index contributed by atoms with van der Waals surface area (Å²) in [6.45, 7) is 13.1. The minimum absolute atomic E-state index is 0.139. The van der Waals surface area contributed by atoms with Crippen LogP contribution in [0.5, 0.6) is 0 Å². The molecule has 19 heavy (non-hydrogen) atoms. The van der Waals surface area contributed by atoms with Crippen LogP contribution in [-0.2, 0) is 14.6 Å². The summed E-state index contributed by atoms with van der Waals surface area (Å²) in [5.41, 5.74) is 0.139. The molecule has 0 aromatic carbocycles. The lowest BCUT2D eigenvalue weighted by molar-refractivity contribution is 0.0720. The third-order valence-electron chi connectivity index (χ3n) is 2.42. The Morgan fingerprint density at radius 2 is 1.79 bits per heavy atom. The fourth-order valence-corrected chi connectivity index (χ4v) is 2.70. The minimum Gasteiger partial charge on any atom is -0.381 e. The highest BCUT2D eigenvalue weighted by Gasteiger charge is 2.12. The van der Waals surface area contributed by atoms with E-state index in [9.17, 15) is 8.42 Å². The maximum atomic E-state index is 11.7. The van der Waals surface area contributed by atoms with Crippen molar-refractivity contribution in [3.8, 4) is 0 Å². The van der Waals surface area contributed by atoms with Crippen LogP contribution in [0.15, 0.2) is 0 Å². The molecule has 0 atom stereocenters. The smallest absolute Gasteiger partial charge is 0.151 e. The van der Waals surface area contributed by atoms with Gasteiger partial charge in [-0.2, -0.15) is 0 Å². The number of rotatable bonds is 10. The fourth-order valence-electron chi connectivity index (χ4n) is 1.48. The second-order valence-electron chi connectivity index (χ2n) is 6.72. The van der Waals surface area contributed by atoms with Crippen molar-refractivity contribution in [2.24, 2.45) is 11.3 Å². The van der Waals surface area contributed by atoms with Gasteiger partial charge in [-0.3, -0.25) is 0 Å². The van der Waals surface area contributed by atoms with Crippen LogP contribution >= 0.6 is 0 Å². The summed E-state index contributed by atoms with van der Waals surface area (Å²) < 4.78 is 28.9. The van der Waals surface area contributed by atoms with Gasteiger partial charge < -0.3 is 10.1 Å². The maximum absolute atomic E-state index is 11.7. The molecule has 0 saturated heterocycles. The van der Waals surface area contributed by atoms with Crippen molar-refractivity contribution in [2.45, 2.75) is 41.0 Å². The van der Waals surface area contributed by atoms with Crippen molar-refractivity contribution in [3.05, 3.63) is 0 Å². The Morgan fingerprint density at radius 1 is 1.16 bits per heavy atom. The summed E-state index contributed by atoms with van der Waals surface area (Å²) in [6, 6.07) is 0. The molecule has 0 amide bonds. The Kier molecular flexibility index (Phi) is 8.86. The lowest BCUT2D eigenvalue weighted by Gasteiger charge is -2.17. The van der Waals surface area contributed by atoms with Crippen LogP contribution in [0.2, 0.25) is 0 Å². The topological polar surface area (TPSA) is 55.4 Å². The highest BCUT2D eigenvalue weighted by atomic mass is 32.2. The van der Waals surface area contributed by atoms with Gasteiger partial charge in [-0.25, -0.2) is 8.42 Å². The first-order chi connectivity index (χ1) is 8.62. The number of nitrogens with one attached hydrogen (secondary N) is 1. The molecule has 0 aromatic rings. The van der Waals surface area contributed by atoms with Crippen LogP contribution in [0.1, 0.15) is 41.0 Å². The summed E-state index contributed by atoms with van der Waals surface area (Å²) in [7, 11) is -2.94. The van der Waals surface area contributed by atoms with Crippen molar-refractivity contribution >= 4 is 9.84 Å². The molecule has 0 aliphatic heterocycles. The SMILES string of the molecule is CC(C)CNCCS(=O)(=O)CCCOCC(C)(C)C. The minimum atomic E-state index is -2.94. The average molecular weight is 293 g/mol. The molecule has 0 rings (SSSR count). The Balaban J connectivity index is 3.63. The molecular weight excluding hydrogens is 262 g/mol. The Morgan fingerprint density at radius 3 is 2.32 bits per heavy atom. The van der Waals surface area contributed by atoms with E-state index in [-0.39, 0.29) is 16.9 Å². The molecule has 0 unspecified atom stereocenters. The van der Waals surface area contributed by atoms with Crippen LogP contribution in [0.4, 0.5) is 0 Å². The fraction of sp³-hybridized carbons (Fsp3) is 1.00. The summed E-state index contributed by atoms with van der Waals surface area (Å²) in [5, 5.41) is 3.15. The quantitative estimate of drug-likeness (QED) is 0.627. The second kappa shape index (κ2) is 8.93. The van der Waals surface area contributed by atoms with Gasteiger partial charge in [0.15, 0.2) is 9.84 Å². The van der Waals surface area contributed by atoms with Crippen LogP contribution in [-0.4, -0.2) is 46.2 Å². The number of ether oxygens (including phenoxy) is 1. The monoisotopic (exact) mass is 293 g/mol. The zero-order valence-corrected chi connectivity index (χ0v) is 14.0. The molecule has 1 N–H and O–H groups in total. The number of hydrogen-bond acceptors (Lipinski definition) is 4. The van der Waals surface area contributed by atoms with E-state index in [4.69, 9.17) is 4.74 Å². The van der Waals surface area contributed by atoms with Crippen molar-refractivity contribution in [3.63, 3.8) is 0 Å². The van der Waals surface area contributed by atoms with E-state index in [1.165, 1.54) is 0 Å². The Hall–Kier alpha value is -0.130. The van der Waals surface area contributed by atoms with Gasteiger partial charge >= 0.3 is 0 Å². The zero-order valence-electron chi connectivity index (χ0n) is 13.2. The van der Waals surface area contributed by atoms with Crippen molar-refractivity contribution in [2.75, 3.05) is 37.8 Å². The van der Waals surface area contributed by atoms with Crippen LogP contribution < -0.4 is 5.32 Å². The molecule has 0 aliphatic rings. The molecule has 0 heterocycles. The third kappa shape index (κ3) is 14.1. The van der Waals surface area contributed by atoms with Gasteiger partial charge in [-0.1, -0.05) is 34.6 Å². The van der Waals surface area contributed by atoms with E-state index in [0.717, 1.165) is 6.54 Å². The van der Waals surface area contributed by atoms with E-state index in [1.54, 1.807) is 0 Å². The Bertz CT molecular complexity index is 318. The number of hydrogen-bond donors (Lipinski definition) is 1. The predicted octanol–water partition coefficient (Wildman–Crippen LogP) is 2.10. The summed E-state index contributed by atoms with van der Waals surface area (Å²) >= 11 is 0.